The van der Waals surface area contributed by atoms with Crippen molar-refractivity contribution >= 4 is 29.3 Å². The minimum absolute atomic E-state index is 0.101. The zero-order valence-corrected chi connectivity index (χ0v) is 25.0. The second-order valence-electron chi connectivity index (χ2n) is 10.9. The Bertz CT molecular complexity index is 1260. The fraction of sp³-hybridized carbons (Fsp3) is 0.500. The Kier molecular flexibility index (Phi) is 11.2. The largest absolute Gasteiger partial charge is 0.480 e. The highest BCUT2D eigenvalue weighted by Crippen LogP contribution is 2.41. The van der Waals surface area contributed by atoms with Crippen LogP contribution in [0.5, 0.6) is 0 Å². The summed E-state index contributed by atoms with van der Waals surface area (Å²) in [6.45, 7) is 2.51. The van der Waals surface area contributed by atoms with Crippen LogP contribution < -0.4 is 0 Å². The van der Waals surface area contributed by atoms with E-state index in [1.54, 1.807) is 11.8 Å². The van der Waals surface area contributed by atoms with Gasteiger partial charge in [-0.3, -0.25) is 4.68 Å². The van der Waals surface area contributed by atoms with Crippen LogP contribution in [0, 0.1) is 11.8 Å². The number of carbonyl (C=O) groups is 1. The van der Waals surface area contributed by atoms with Crippen molar-refractivity contribution in [2.45, 2.75) is 62.8 Å². The lowest BCUT2D eigenvalue weighted by Gasteiger charge is -2.28. The Balaban J connectivity index is 1.37. The Morgan fingerprint density at radius 2 is 1.80 bits per heavy atom. The van der Waals surface area contributed by atoms with Crippen molar-refractivity contribution in [1.29, 1.82) is 0 Å². The monoisotopic (exact) mass is 598 g/mol. The molecule has 41 heavy (non-hydrogen) atoms. The SMILES string of the molecule is O=C(O)COC[C@H]1CC[C@H](Cn2nc(-c3ccccc3)c(-c3cccc(Cl)c3)c2SCCOC2CCCCO2)CC1. The summed E-state index contributed by atoms with van der Waals surface area (Å²) in [6.07, 6.45) is 7.33. The maximum Gasteiger partial charge on any atom is 0.329 e. The molecule has 9 heteroatoms. The molecule has 0 spiro atoms. The summed E-state index contributed by atoms with van der Waals surface area (Å²) >= 11 is 8.26. The number of nitrogens with zero attached hydrogens (tertiary/aromatic N) is 2. The average molecular weight is 599 g/mol. The zero-order chi connectivity index (χ0) is 28.4. The van der Waals surface area contributed by atoms with Crippen LogP contribution >= 0.6 is 23.4 Å². The zero-order valence-electron chi connectivity index (χ0n) is 23.4. The number of benzene rings is 2. The fourth-order valence-electron chi connectivity index (χ4n) is 5.72. The van der Waals surface area contributed by atoms with Gasteiger partial charge >= 0.3 is 5.97 Å². The third-order valence-electron chi connectivity index (χ3n) is 7.81. The molecule has 7 nitrogen and oxygen atoms in total. The number of aromatic nitrogens is 2. The van der Waals surface area contributed by atoms with E-state index in [9.17, 15) is 4.79 Å². The standard InChI is InChI=1S/C32H39ClN2O5S/c33-27-10-6-9-26(19-27)30-31(25-7-2-1-3-8-25)34-35(32(30)41-18-17-40-29-11-4-5-16-39-29)20-23-12-14-24(15-13-23)21-38-22-28(36)37/h1-3,6-10,19,23-24,29H,4-5,11-18,20-22H2,(H,36,37)/t23-,24-,29?. The maximum absolute atomic E-state index is 10.8. The predicted octanol–water partition coefficient (Wildman–Crippen LogP) is 7.41. The van der Waals surface area contributed by atoms with Crippen molar-refractivity contribution in [2.24, 2.45) is 11.8 Å². The third kappa shape index (κ3) is 8.58. The summed E-state index contributed by atoms with van der Waals surface area (Å²) in [5, 5.41) is 15.9. The number of aliphatic carboxylic acids is 1. The molecule has 0 bridgehead atoms. The van der Waals surface area contributed by atoms with Crippen molar-refractivity contribution in [3.8, 4) is 22.4 Å². The molecule has 0 amide bonds. The maximum atomic E-state index is 10.8. The third-order valence-corrected chi connectivity index (χ3v) is 9.10. The number of rotatable bonds is 13. The van der Waals surface area contributed by atoms with E-state index < -0.39 is 5.97 Å². The number of halogens is 1. The van der Waals surface area contributed by atoms with Crippen LogP contribution in [0.15, 0.2) is 59.6 Å². The highest BCUT2D eigenvalue weighted by Gasteiger charge is 2.26. The Morgan fingerprint density at radius 3 is 2.54 bits per heavy atom. The molecule has 1 unspecified atom stereocenters. The molecule has 2 aliphatic rings. The van der Waals surface area contributed by atoms with E-state index in [-0.39, 0.29) is 12.9 Å². The molecule has 3 aromatic rings. The first-order valence-electron chi connectivity index (χ1n) is 14.6. The molecule has 1 aromatic heterocycles. The van der Waals surface area contributed by atoms with E-state index in [2.05, 4.69) is 35.0 Å². The van der Waals surface area contributed by atoms with E-state index in [0.717, 1.165) is 91.3 Å². The molecule has 0 radical (unpaired) electrons. The second-order valence-corrected chi connectivity index (χ2v) is 12.4. The van der Waals surface area contributed by atoms with Gasteiger partial charge < -0.3 is 19.3 Å². The topological polar surface area (TPSA) is 82.8 Å². The van der Waals surface area contributed by atoms with Gasteiger partial charge in [0.15, 0.2) is 6.29 Å². The molecule has 1 N–H and O–H groups in total. The van der Waals surface area contributed by atoms with E-state index in [1.807, 2.05) is 24.3 Å². The molecule has 1 atom stereocenters. The van der Waals surface area contributed by atoms with Gasteiger partial charge in [0, 0.05) is 35.1 Å². The molecule has 2 fully saturated rings. The van der Waals surface area contributed by atoms with Crippen LogP contribution in [0.3, 0.4) is 0 Å². The number of thioether (sulfide) groups is 1. The summed E-state index contributed by atoms with van der Waals surface area (Å²) in [7, 11) is 0. The normalized spacial score (nSPS) is 21.1. The quantitative estimate of drug-likeness (QED) is 0.162. The van der Waals surface area contributed by atoms with Crippen molar-refractivity contribution < 1.29 is 24.1 Å². The summed E-state index contributed by atoms with van der Waals surface area (Å²) in [6, 6.07) is 18.4. The van der Waals surface area contributed by atoms with Gasteiger partial charge in [0.2, 0.25) is 0 Å². The molecule has 2 aromatic carbocycles. The van der Waals surface area contributed by atoms with E-state index in [4.69, 9.17) is 36.0 Å². The van der Waals surface area contributed by atoms with Crippen molar-refractivity contribution in [3.63, 3.8) is 0 Å². The molecule has 1 saturated carbocycles. The number of carboxylic acid groups (broad SMARTS) is 1. The van der Waals surface area contributed by atoms with Crippen LogP contribution in [0.25, 0.3) is 22.4 Å². The fourth-order valence-corrected chi connectivity index (χ4v) is 6.90. The average Bonchev–Trinajstić information content (AvgIpc) is 3.35. The van der Waals surface area contributed by atoms with Gasteiger partial charge in [-0.25, -0.2) is 4.79 Å². The van der Waals surface area contributed by atoms with E-state index >= 15 is 0 Å². The first-order valence-corrected chi connectivity index (χ1v) is 16.0. The van der Waals surface area contributed by atoms with Crippen LogP contribution in [-0.4, -0.2) is 59.3 Å². The molecular weight excluding hydrogens is 560 g/mol. The molecule has 2 heterocycles. The van der Waals surface area contributed by atoms with Crippen LogP contribution in [-0.2, 0) is 25.5 Å². The van der Waals surface area contributed by atoms with Gasteiger partial charge in [0.1, 0.15) is 17.3 Å². The number of carboxylic acids is 1. The molecule has 1 saturated heterocycles. The summed E-state index contributed by atoms with van der Waals surface area (Å²) in [5.41, 5.74) is 4.20. The van der Waals surface area contributed by atoms with Crippen LogP contribution in [0.4, 0.5) is 0 Å². The van der Waals surface area contributed by atoms with Gasteiger partial charge in [-0.05, 0) is 74.5 Å². The lowest BCUT2D eigenvalue weighted by molar-refractivity contribution is -0.158. The number of ether oxygens (including phenoxy) is 3. The molecule has 220 valence electrons. The van der Waals surface area contributed by atoms with Crippen molar-refractivity contribution in [2.75, 3.05) is 32.2 Å². The van der Waals surface area contributed by atoms with Gasteiger partial charge in [0.25, 0.3) is 0 Å². The van der Waals surface area contributed by atoms with Crippen molar-refractivity contribution in [3.05, 3.63) is 59.6 Å². The minimum atomic E-state index is -0.913. The minimum Gasteiger partial charge on any atom is -0.480 e. The first-order chi connectivity index (χ1) is 20.1. The van der Waals surface area contributed by atoms with Crippen LogP contribution in [0.2, 0.25) is 5.02 Å². The van der Waals surface area contributed by atoms with Gasteiger partial charge in [-0.1, -0.05) is 54.1 Å². The molecule has 5 rings (SSSR count). The Hall–Kier alpha value is -2.36. The number of hydrogen-bond donors (Lipinski definition) is 1. The predicted molar refractivity (Wildman–Crippen MR) is 162 cm³/mol. The highest BCUT2D eigenvalue weighted by molar-refractivity contribution is 7.99. The molecular formula is C32H39ClN2O5S. The number of hydrogen-bond acceptors (Lipinski definition) is 6. The highest BCUT2D eigenvalue weighted by atomic mass is 35.5. The summed E-state index contributed by atoms with van der Waals surface area (Å²) in [5.74, 6) is 0.788. The summed E-state index contributed by atoms with van der Waals surface area (Å²) in [4.78, 5) is 10.8. The lowest BCUT2D eigenvalue weighted by atomic mass is 9.82. The van der Waals surface area contributed by atoms with Gasteiger partial charge in [-0.2, -0.15) is 5.10 Å². The Labute approximate surface area is 251 Å². The van der Waals surface area contributed by atoms with Gasteiger partial charge in [-0.15, -0.1) is 11.8 Å². The summed E-state index contributed by atoms with van der Waals surface area (Å²) < 4.78 is 19.4. The van der Waals surface area contributed by atoms with Gasteiger partial charge in [0.05, 0.1) is 13.2 Å². The van der Waals surface area contributed by atoms with E-state index in [1.165, 1.54) is 0 Å². The lowest BCUT2D eigenvalue weighted by Crippen LogP contribution is -2.24. The van der Waals surface area contributed by atoms with Crippen molar-refractivity contribution in [1.82, 2.24) is 9.78 Å². The Morgan fingerprint density at radius 1 is 1.02 bits per heavy atom. The molecule has 1 aliphatic carbocycles. The smallest absolute Gasteiger partial charge is 0.329 e. The first kappa shape index (κ1) is 30.1. The molecule has 1 aliphatic heterocycles. The van der Waals surface area contributed by atoms with Crippen LogP contribution in [0.1, 0.15) is 44.9 Å². The van der Waals surface area contributed by atoms with E-state index in [0.29, 0.717) is 30.1 Å². The second kappa shape index (κ2) is 15.2.